The van der Waals surface area contributed by atoms with Crippen LogP contribution in [-0.4, -0.2) is 40.5 Å². The van der Waals surface area contributed by atoms with E-state index in [1.165, 1.54) is 6.20 Å². The number of nitrogens with zero attached hydrogens (tertiary/aromatic N) is 4. The Hall–Kier alpha value is -2.42. The van der Waals surface area contributed by atoms with Gasteiger partial charge in [-0.05, 0) is 6.07 Å². The number of imidazole rings is 1. The van der Waals surface area contributed by atoms with Gasteiger partial charge in [-0.25, -0.2) is 14.4 Å². The zero-order valence-electron chi connectivity index (χ0n) is 12.4. The van der Waals surface area contributed by atoms with E-state index in [0.29, 0.717) is 24.6 Å². The minimum Gasteiger partial charge on any atom is -0.351 e. The first-order chi connectivity index (χ1) is 11.4. The number of anilines is 1. The molecular formula is C15H13F4N5. The van der Waals surface area contributed by atoms with Crippen molar-refractivity contribution < 1.29 is 17.6 Å². The summed E-state index contributed by atoms with van der Waals surface area (Å²) in [5, 5.41) is 3.21. The first-order valence-corrected chi connectivity index (χ1v) is 7.44. The van der Waals surface area contributed by atoms with Gasteiger partial charge in [0.25, 0.3) is 0 Å². The Morgan fingerprint density at radius 3 is 2.58 bits per heavy atom. The van der Waals surface area contributed by atoms with Crippen molar-refractivity contribution in [3.63, 3.8) is 0 Å². The number of rotatable bonds is 1. The Kier molecular flexibility index (Phi) is 3.34. The Labute approximate surface area is 133 Å². The fourth-order valence-electron chi connectivity index (χ4n) is 2.97. The van der Waals surface area contributed by atoms with Crippen LogP contribution in [0.4, 0.5) is 23.4 Å². The van der Waals surface area contributed by atoms with Crippen molar-refractivity contribution in [2.75, 3.05) is 31.1 Å². The number of halogens is 4. The van der Waals surface area contributed by atoms with E-state index in [1.807, 2.05) is 4.90 Å². The summed E-state index contributed by atoms with van der Waals surface area (Å²) in [5.41, 5.74) is -0.466. The number of hydrogen-bond acceptors (Lipinski definition) is 4. The molecule has 126 valence electrons. The third kappa shape index (κ3) is 2.35. The number of alkyl halides is 3. The normalized spacial score (nSPS) is 16.2. The molecule has 1 saturated heterocycles. The predicted octanol–water partition coefficient (Wildman–Crippen LogP) is 2.45. The number of benzene rings is 1. The van der Waals surface area contributed by atoms with E-state index in [1.54, 1.807) is 10.6 Å². The average Bonchev–Trinajstić information content (AvgIpc) is 3.03. The third-order valence-corrected chi connectivity index (χ3v) is 4.11. The van der Waals surface area contributed by atoms with Crippen molar-refractivity contribution in [1.29, 1.82) is 0 Å². The molecule has 1 fully saturated rings. The molecule has 0 unspecified atom stereocenters. The van der Waals surface area contributed by atoms with Crippen LogP contribution in [0.25, 0.3) is 16.7 Å². The van der Waals surface area contributed by atoms with Crippen LogP contribution in [0.3, 0.4) is 0 Å². The molecule has 3 heterocycles. The number of piperazine rings is 1. The van der Waals surface area contributed by atoms with Gasteiger partial charge < -0.3 is 10.2 Å². The quantitative estimate of drug-likeness (QED) is 0.692. The summed E-state index contributed by atoms with van der Waals surface area (Å²) in [6, 6.07) is 1.62. The summed E-state index contributed by atoms with van der Waals surface area (Å²) in [6.07, 6.45) is -1.64. The fraction of sp³-hybridized carbons (Fsp3) is 0.333. The molecule has 1 aliphatic heterocycles. The predicted molar refractivity (Wildman–Crippen MR) is 80.5 cm³/mol. The van der Waals surface area contributed by atoms with Gasteiger partial charge in [0, 0.05) is 44.6 Å². The molecule has 0 saturated carbocycles. The smallest absolute Gasteiger partial charge is 0.351 e. The Balaban J connectivity index is 1.99. The van der Waals surface area contributed by atoms with E-state index in [0.717, 1.165) is 25.2 Å². The van der Waals surface area contributed by atoms with Gasteiger partial charge >= 0.3 is 6.18 Å². The molecular weight excluding hydrogens is 326 g/mol. The van der Waals surface area contributed by atoms with Gasteiger partial charge in [0.05, 0.1) is 16.6 Å². The van der Waals surface area contributed by atoms with Crippen LogP contribution in [0.5, 0.6) is 0 Å². The molecule has 9 heteroatoms. The summed E-state index contributed by atoms with van der Waals surface area (Å²) in [5.74, 6) is -0.810. The van der Waals surface area contributed by atoms with Crippen LogP contribution >= 0.6 is 0 Å². The number of nitrogens with one attached hydrogen (secondary N) is 1. The van der Waals surface area contributed by atoms with Crippen molar-refractivity contribution in [2.45, 2.75) is 6.18 Å². The molecule has 0 amide bonds. The maximum absolute atomic E-state index is 13.9. The van der Waals surface area contributed by atoms with Gasteiger partial charge in [0.2, 0.25) is 0 Å². The Morgan fingerprint density at radius 1 is 1.12 bits per heavy atom. The van der Waals surface area contributed by atoms with Crippen LogP contribution in [0, 0.1) is 5.82 Å². The van der Waals surface area contributed by atoms with Gasteiger partial charge in [0.1, 0.15) is 5.82 Å². The lowest BCUT2D eigenvalue weighted by atomic mass is 10.1. The van der Waals surface area contributed by atoms with Crippen molar-refractivity contribution in [3.05, 3.63) is 35.9 Å². The maximum Gasteiger partial charge on any atom is 0.419 e. The lowest BCUT2D eigenvalue weighted by molar-refractivity contribution is -0.139. The molecule has 0 spiro atoms. The molecule has 0 atom stereocenters. The van der Waals surface area contributed by atoms with E-state index in [-0.39, 0.29) is 11.0 Å². The van der Waals surface area contributed by atoms with Crippen LogP contribution < -0.4 is 10.2 Å². The Morgan fingerprint density at radius 2 is 1.88 bits per heavy atom. The monoisotopic (exact) mass is 339 g/mol. The van der Waals surface area contributed by atoms with E-state index in [4.69, 9.17) is 0 Å². The molecule has 5 nitrogen and oxygen atoms in total. The van der Waals surface area contributed by atoms with Crippen molar-refractivity contribution in [2.24, 2.45) is 0 Å². The minimum absolute atomic E-state index is 0.0859. The summed E-state index contributed by atoms with van der Waals surface area (Å²) >= 11 is 0. The topological polar surface area (TPSA) is 45.5 Å². The van der Waals surface area contributed by atoms with Crippen LogP contribution in [-0.2, 0) is 6.18 Å². The standard InChI is InChI=1S/C15H13F4N5/c16-10-8-12-11(7-9(10)15(17,18)19)22-14(13-21-3-6-24(12)13)23-4-1-20-2-5-23/h3,6-8,20H,1-2,4-5H2. The number of fused-ring (bicyclic) bond motifs is 3. The second-order valence-electron chi connectivity index (χ2n) is 5.61. The molecule has 0 aliphatic carbocycles. The lowest BCUT2D eigenvalue weighted by Gasteiger charge is -2.28. The molecule has 2 aromatic heterocycles. The molecule has 4 rings (SSSR count). The molecule has 0 bridgehead atoms. The van der Waals surface area contributed by atoms with E-state index in [2.05, 4.69) is 15.3 Å². The lowest BCUT2D eigenvalue weighted by Crippen LogP contribution is -2.44. The summed E-state index contributed by atoms with van der Waals surface area (Å²) < 4.78 is 54.4. The van der Waals surface area contributed by atoms with Crippen LogP contribution in [0.2, 0.25) is 0 Å². The number of aromatic nitrogens is 3. The molecule has 1 aromatic carbocycles. The molecule has 1 N–H and O–H groups in total. The van der Waals surface area contributed by atoms with Crippen LogP contribution in [0.1, 0.15) is 5.56 Å². The third-order valence-electron chi connectivity index (χ3n) is 4.11. The molecule has 1 aliphatic rings. The largest absolute Gasteiger partial charge is 0.419 e. The first kappa shape index (κ1) is 15.1. The SMILES string of the molecule is Fc1cc2c(cc1C(F)(F)F)nc(N1CCNCC1)c1nccn12. The summed E-state index contributed by atoms with van der Waals surface area (Å²) in [4.78, 5) is 10.6. The van der Waals surface area contributed by atoms with Crippen molar-refractivity contribution >= 4 is 22.5 Å². The van der Waals surface area contributed by atoms with Gasteiger partial charge in [-0.2, -0.15) is 13.2 Å². The van der Waals surface area contributed by atoms with Gasteiger partial charge in [-0.15, -0.1) is 0 Å². The van der Waals surface area contributed by atoms with E-state index >= 15 is 0 Å². The molecule has 0 radical (unpaired) electrons. The maximum atomic E-state index is 13.9. The first-order valence-electron chi connectivity index (χ1n) is 7.44. The van der Waals surface area contributed by atoms with Crippen LogP contribution in [0.15, 0.2) is 24.5 Å². The molecule has 3 aromatic rings. The van der Waals surface area contributed by atoms with Gasteiger partial charge in [-0.1, -0.05) is 0 Å². The highest BCUT2D eigenvalue weighted by molar-refractivity contribution is 5.84. The second-order valence-corrected chi connectivity index (χ2v) is 5.61. The average molecular weight is 339 g/mol. The van der Waals surface area contributed by atoms with E-state index in [9.17, 15) is 17.6 Å². The highest BCUT2D eigenvalue weighted by Crippen LogP contribution is 2.34. The van der Waals surface area contributed by atoms with Gasteiger partial charge in [-0.3, -0.25) is 4.40 Å². The van der Waals surface area contributed by atoms with Crippen molar-refractivity contribution in [1.82, 2.24) is 19.7 Å². The summed E-state index contributed by atoms with van der Waals surface area (Å²) in [7, 11) is 0. The van der Waals surface area contributed by atoms with Gasteiger partial charge in [0.15, 0.2) is 11.5 Å². The zero-order valence-corrected chi connectivity index (χ0v) is 12.4. The van der Waals surface area contributed by atoms with E-state index < -0.39 is 17.6 Å². The zero-order chi connectivity index (χ0) is 16.9. The highest BCUT2D eigenvalue weighted by Gasteiger charge is 2.35. The number of hydrogen-bond donors (Lipinski definition) is 1. The second kappa shape index (κ2) is 5.30. The highest BCUT2D eigenvalue weighted by atomic mass is 19.4. The fourth-order valence-corrected chi connectivity index (χ4v) is 2.97. The minimum atomic E-state index is -4.76. The Bertz CT molecular complexity index is 911. The van der Waals surface area contributed by atoms with Crippen molar-refractivity contribution in [3.8, 4) is 0 Å². The molecule has 24 heavy (non-hydrogen) atoms. The summed E-state index contributed by atoms with van der Waals surface area (Å²) in [6.45, 7) is 2.86.